The van der Waals surface area contributed by atoms with E-state index < -0.39 is 69.6 Å². The molecule has 2 aliphatic rings. The number of aromatic nitrogens is 4. The summed E-state index contributed by atoms with van der Waals surface area (Å²) in [5.74, 6) is -6.50. The van der Waals surface area contributed by atoms with E-state index in [4.69, 9.17) is 18.9 Å². The highest BCUT2D eigenvalue weighted by atomic mass is 32.2. The normalized spacial score (nSPS) is 20.8. The van der Waals surface area contributed by atoms with Crippen molar-refractivity contribution >= 4 is 15.8 Å². The third-order valence-corrected chi connectivity index (χ3v) is 10.5. The van der Waals surface area contributed by atoms with Gasteiger partial charge in [-0.2, -0.15) is 5.10 Å². The summed E-state index contributed by atoms with van der Waals surface area (Å²) in [5.41, 5.74) is 0.971. The number of methoxy groups -OCH3 is 2. The molecular formula is C33H35F4N5O6S. The summed E-state index contributed by atoms with van der Waals surface area (Å²) < 4.78 is 114. The first-order chi connectivity index (χ1) is 23.5. The summed E-state index contributed by atoms with van der Waals surface area (Å²) in [6.07, 6.45) is 5.82. The highest BCUT2D eigenvalue weighted by molar-refractivity contribution is 7.92. The van der Waals surface area contributed by atoms with Crippen LogP contribution in [0.2, 0.25) is 0 Å². The molecular weight excluding hydrogens is 670 g/mol. The van der Waals surface area contributed by atoms with Crippen molar-refractivity contribution in [1.29, 1.82) is 0 Å². The molecule has 6 rings (SSSR count). The number of nitrogens with zero attached hydrogens (tertiary/aromatic N) is 5. The summed E-state index contributed by atoms with van der Waals surface area (Å²) >= 11 is 0. The number of hydrogen-bond donors (Lipinski definition) is 0. The standard InChI is InChI=1S/C33H35F4N5O6S/c1-45-23-7-6-21(28(15-23)46-2)19-42(30-9-11-38-20-39-30)49(43,44)32-26(34)13-24(14-27(32)35)48-29-16-33(36,37)10-8-25(29)22-17-40-41(18-22)31-5-3-4-12-47-31/h6-7,9,11,13-15,17-18,20,25,29,31H,3-5,8,10,12,16,19H2,1-2H3. The molecule has 3 heterocycles. The van der Waals surface area contributed by atoms with Crippen molar-refractivity contribution in [2.75, 3.05) is 25.1 Å². The van der Waals surface area contributed by atoms with Gasteiger partial charge in [0.15, 0.2) is 4.90 Å². The average molecular weight is 706 g/mol. The van der Waals surface area contributed by atoms with E-state index in [9.17, 15) is 17.2 Å². The zero-order chi connectivity index (χ0) is 34.8. The van der Waals surface area contributed by atoms with Crippen LogP contribution in [0.15, 0.2) is 66.2 Å². The fourth-order valence-electron chi connectivity index (χ4n) is 6.22. The number of benzene rings is 2. The molecule has 1 saturated carbocycles. The van der Waals surface area contributed by atoms with Gasteiger partial charge in [-0.05, 0) is 43.4 Å². The van der Waals surface area contributed by atoms with Gasteiger partial charge >= 0.3 is 0 Å². The lowest BCUT2D eigenvalue weighted by Crippen LogP contribution is -2.38. The van der Waals surface area contributed by atoms with Gasteiger partial charge in [0, 0.05) is 67.6 Å². The second-order valence-corrected chi connectivity index (χ2v) is 13.7. The summed E-state index contributed by atoms with van der Waals surface area (Å²) in [5, 5.41) is 4.38. The average Bonchev–Trinajstić information content (AvgIpc) is 3.57. The maximum Gasteiger partial charge on any atom is 0.271 e. The first-order valence-electron chi connectivity index (χ1n) is 15.7. The van der Waals surface area contributed by atoms with E-state index >= 15 is 8.78 Å². The fourth-order valence-corrected chi connectivity index (χ4v) is 7.72. The van der Waals surface area contributed by atoms with Crippen molar-refractivity contribution in [1.82, 2.24) is 19.7 Å². The van der Waals surface area contributed by atoms with Gasteiger partial charge in [-0.1, -0.05) is 0 Å². The van der Waals surface area contributed by atoms with Crippen LogP contribution >= 0.6 is 0 Å². The number of hydrogen-bond acceptors (Lipinski definition) is 9. The van der Waals surface area contributed by atoms with Crippen molar-refractivity contribution in [2.45, 2.75) is 74.1 Å². The maximum absolute atomic E-state index is 15.8. The van der Waals surface area contributed by atoms with Crippen molar-refractivity contribution < 1.29 is 44.9 Å². The molecule has 49 heavy (non-hydrogen) atoms. The Balaban J connectivity index is 1.30. The molecule has 2 fully saturated rings. The van der Waals surface area contributed by atoms with Gasteiger partial charge in [0.25, 0.3) is 15.9 Å². The third-order valence-electron chi connectivity index (χ3n) is 8.71. The minimum absolute atomic E-state index is 0.0367. The van der Waals surface area contributed by atoms with Crippen LogP contribution in [0.1, 0.15) is 61.8 Å². The van der Waals surface area contributed by atoms with Crippen LogP contribution in [0, 0.1) is 11.6 Å². The lowest BCUT2D eigenvalue weighted by molar-refractivity contribution is -0.0774. The lowest BCUT2D eigenvalue weighted by atomic mass is 9.81. The monoisotopic (exact) mass is 705 g/mol. The van der Waals surface area contributed by atoms with Gasteiger partial charge in [-0.15, -0.1) is 0 Å². The molecule has 1 aliphatic carbocycles. The number of rotatable bonds is 11. The zero-order valence-electron chi connectivity index (χ0n) is 26.8. The van der Waals surface area contributed by atoms with E-state index in [1.807, 2.05) is 0 Å². The van der Waals surface area contributed by atoms with Crippen LogP contribution in [-0.2, 0) is 21.3 Å². The molecule has 0 amide bonds. The minimum atomic E-state index is -4.98. The third kappa shape index (κ3) is 7.44. The Hall–Kier alpha value is -4.44. The molecule has 1 saturated heterocycles. The Morgan fingerprint density at radius 3 is 2.51 bits per heavy atom. The van der Waals surface area contributed by atoms with Gasteiger partial charge in [0.2, 0.25) is 0 Å². The summed E-state index contributed by atoms with van der Waals surface area (Å²) in [6, 6.07) is 7.30. The molecule has 3 unspecified atom stereocenters. The smallest absolute Gasteiger partial charge is 0.271 e. The highest BCUT2D eigenvalue weighted by Gasteiger charge is 2.44. The van der Waals surface area contributed by atoms with E-state index in [1.54, 1.807) is 29.2 Å². The van der Waals surface area contributed by atoms with Gasteiger partial charge in [0.05, 0.1) is 27.0 Å². The number of ether oxygens (including phenoxy) is 4. The first kappa shape index (κ1) is 34.4. The van der Waals surface area contributed by atoms with Gasteiger partial charge in [-0.3, -0.25) is 0 Å². The van der Waals surface area contributed by atoms with Crippen molar-refractivity contribution in [3.63, 3.8) is 0 Å². The molecule has 4 aromatic rings. The van der Waals surface area contributed by atoms with Crippen LogP contribution in [0.4, 0.5) is 23.4 Å². The van der Waals surface area contributed by atoms with E-state index in [-0.39, 0.29) is 24.2 Å². The second kappa shape index (κ2) is 14.2. The Bertz CT molecular complexity index is 1850. The molecule has 11 nitrogen and oxygen atoms in total. The fraction of sp³-hybridized carbons (Fsp3) is 0.424. The van der Waals surface area contributed by atoms with E-state index in [2.05, 4.69) is 15.1 Å². The topological polar surface area (TPSA) is 118 Å². The quantitative estimate of drug-likeness (QED) is 0.163. The molecule has 2 aromatic heterocycles. The SMILES string of the molecule is COc1ccc(CN(c2ccncn2)S(=O)(=O)c2c(F)cc(OC3CC(F)(F)CCC3c3cnn(C4CCCCO4)c3)cc2F)c(OC)c1. The van der Waals surface area contributed by atoms with Crippen LogP contribution in [0.25, 0.3) is 0 Å². The van der Waals surface area contributed by atoms with Crippen LogP contribution in [-0.4, -0.2) is 61.0 Å². The molecule has 0 N–H and O–H groups in total. The Kier molecular flexibility index (Phi) is 9.97. The van der Waals surface area contributed by atoms with E-state index in [0.717, 1.165) is 25.6 Å². The predicted molar refractivity (Wildman–Crippen MR) is 168 cm³/mol. The Labute approximate surface area is 280 Å². The number of anilines is 1. The van der Waals surface area contributed by atoms with E-state index in [1.165, 1.54) is 32.5 Å². The zero-order valence-corrected chi connectivity index (χ0v) is 27.6. The Morgan fingerprint density at radius 2 is 1.84 bits per heavy atom. The summed E-state index contributed by atoms with van der Waals surface area (Å²) in [7, 11) is -2.15. The van der Waals surface area contributed by atoms with E-state index in [0.29, 0.717) is 39.9 Å². The first-order valence-corrected chi connectivity index (χ1v) is 17.1. The largest absolute Gasteiger partial charge is 0.497 e. The molecule has 2 aromatic carbocycles. The maximum atomic E-state index is 15.8. The second-order valence-electron chi connectivity index (χ2n) is 11.9. The number of alkyl halides is 2. The molecule has 1 aliphatic heterocycles. The molecule has 0 bridgehead atoms. The van der Waals surface area contributed by atoms with Gasteiger partial charge in [0.1, 0.15) is 53.4 Å². The number of sulfonamides is 1. The van der Waals surface area contributed by atoms with Crippen molar-refractivity contribution in [3.8, 4) is 17.2 Å². The Morgan fingerprint density at radius 1 is 1.04 bits per heavy atom. The van der Waals surface area contributed by atoms with Crippen LogP contribution in [0.3, 0.4) is 0 Å². The highest BCUT2D eigenvalue weighted by Crippen LogP contribution is 2.44. The molecule has 0 spiro atoms. The molecule has 0 radical (unpaired) electrons. The summed E-state index contributed by atoms with van der Waals surface area (Å²) in [6.45, 7) is 0.165. The van der Waals surface area contributed by atoms with Crippen LogP contribution < -0.4 is 18.5 Å². The van der Waals surface area contributed by atoms with Crippen molar-refractivity contribution in [3.05, 3.63) is 84.1 Å². The number of halogens is 4. The predicted octanol–water partition coefficient (Wildman–Crippen LogP) is 6.41. The van der Waals surface area contributed by atoms with Gasteiger partial charge < -0.3 is 18.9 Å². The van der Waals surface area contributed by atoms with Crippen molar-refractivity contribution in [2.24, 2.45) is 0 Å². The lowest BCUT2D eigenvalue weighted by Gasteiger charge is -2.35. The van der Waals surface area contributed by atoms with Gasteiger partial charge in [-0.25, -0.2) is 44.9 Å². The minimum Gasteiger partial charge on any atom is -0.497 e. The molecule has 3 atom stereocenters. The molecule has 262 valence electrons. The summed E-state index contributed by atoms with van der Waals surface area (Å²) in [4.78, 5) is 6.54. The van der Waals surface area contributed by atoms with Crippen LogP contribution in [0.5, 0.6) is 17.2 Å². The molecule has 16 heteroatoms.